The van der Waals surface area contributed by atoms with Crippen molar-refractivity contribution in [2.75, 3.05) is 12.4 Å². The van der Waals surface area contributed by atoms with Gasteiger partial charge in [0.2, 0.25) is 0 Å². The van der Waals surface area contributed by atoms with Crippen molar-refractivity contribution in [2.45, 2.75) is 6.92 Å². The maximum Gasteiger partial charge on any atom is 0.121 e. The van der Waals surface area contributed by atoms with E-state index >= 15 is 0 Å². The second kappa shape index (κ2) is 5.24. The first-order valence-electron chi connectivity index (χ1n) is 5.65. The highest BCUT2D eigenvalue weighted by molar-refractivity contribution is 5.68. The lowest BCUT2D eigenvalue weighted by molar-refractivity contribution is 0.415. The summed E-state index contributed by atoms with van der Waals surface area (Å²) in [6.45, 7) is 2.03. The molecule has 0 heterocycles. The van der Waals surface area contributed by atoms with Crippen LogP contribution in [0.1, 0.15) is 11.1 Å². The second-order valence-electron chi connectivity index (χ2n) is 4.02. The van der Waals surface area contributed by atoms with E-state index in [1.54, 1.807) is 19.2 Å². The van der Waals surface area contributed by atoms with Crippen LogP contribution >= 0.6 is 0 Å². The molecule has 0 fully saturated rings. The molecule has 0 bridgehead atoms. The van der Waals surface area contributed by atoms with Gasteiger partial charge in [-0.1, -0.05) is 12.1 Å². The Morgan fingerprint density at radius 1 is 1.17 bits per heavy atom. The van der Waals surface area contributed by atoms with Crippen molar-refractivity contribution < 1.29 is 4.74 Å². The average molecular weight is 238 g/mol. The van der Waals surface area contributed by atoms with Crippen LogP contribution in [0.25, 0.3) is 0 Å². The lowest BCUT2D eigenvalue weighted by Gasteiger charge is -2.10. The van der Waals surface area contributed by atoms with Crippen LogP contribution in [0.4, 0.5) is 11.4 Å². The van der Waals surface area contributed by atoms with Gasteiger partial charge in [-0.15, -0.1) is 0 Å². The number of rotatable bonds is 3. The van der Waals surface area contributed by atoms with Crippen molar-refractivity contribution in [1.82, 2.24) is 0 Å². The molecule has 18 heavy (non-hydrogen) atoms. The predicted octanol–water partition coefficient (Wildman–Crippen LogP) is 3.62. The van der Waals surface area contributed by atoms with E-state index in [2.05, 4.69) is 11.4 Å². The van der Waals surface area contributed by atoms with Crippen LogP contribution in [0.15, 0.2) is 42.5 Å². The summed E-state index contributed by atoms with van der Waals surface area (Å²) in [5.41, 5.74) is 3.47. The molecule has 3 heteroatoms. The molecule has 90 valence electrons. The van der Waals surface area contributed by atoms with E-state index in [0.29, 0.717) is 5.56 Å². The Morgan fingerprint density at radius 2 is 2.00 bits per heavy atom. The highest BCUT2D eigenvalue weighted by Crippen LogP contribution is 2.25. The van der Waals surface area contributed by atoms with Gasteiger partial charge in [-0.3, -0.25) is 0 Å². The topological polar surface area (TPSA) is 45.0 Å². The van der Waals surface area contributed by atoms with E-state index in [-0.39, 0.29) is 0 Å². The summed E-state index contributed by atoms with van der Waals surface area (Å²) in [6, 6.07) is 15.5. The number of hydrogen-bond donors (Lipinski definition) is 1. The lowest BCUT2D eigenvalue weighted by Crippen LogP contribution is -1.95. The number of nitrogens with zero attached hydrogens (tertiary/aromatic N) is 1. The molecular formula is C15H14N2O. The molecular weight excluding hydrogens is 224 g/mol. The molecule has 0 amide bonds. The van der Waals surface area contributed by atoms with Crippen LogP contribution < -0.4 is 10.1 Å². The van der Waals surface area contributed by atoms with E-state index in [1.807, 2.05) is 37.3 Å². The first-order valence-corrected chi connectivity index (χ1v) is 5.65. The van der Waals surface area contributed by atoms with Crippen LogP contribution in [0.3, 0.4) is 0 Å². The molecule has 0 spiro atoms. The minimum Gasteiger partial charge on any atom is -0.497 e. The van der Waals surface area contributed by atoms with Gasteiger partial charge in [0.05, 0.1) is 18.4 Å². The van der Waals surface area contributed by atoms with Crippen molar-refractivity contribution in [3.05, 3.63) is 53.6 Å². The van der Waals surface area contributed by atoms with Crippen molar-refractivity contribution >= 4 is 11.4 Å². The number of anilines is 2. The van der Waals surface area contributed by atoms with Crippen molar-refractivity contribution in [3.8, 4) is 11.8 Å². The van der Waals surface area contributed by atoms with Crippen molar-refractivity contribution in [3.63, 3.8) is 0 Å². The zero-order chi connectivity index (χ0) is 13.0. The Bertz CT molecular complexity index is 600. The highest BCUT2D eigenvalue weighted by atomic mass is 16.5. The van der Waals surface area contributed by atoms with E-state index in [0.717, 1.165) is 17.1 Å². The molecule has 0 saturated carbocycles. The number of hydrogen-bond acceptors (Lipinski definition) is 3. The molecule has 0 atom stereocenters. The summed E-state index contributed by atoms with van der Waals surface area (Å²) < 4.78 is 5.17. The van der Waals surface area contributed by atoms with Gasteiger partial charge in [0.1, 0.15) is 11.8 Å². The van der Waals surface area contributed by atoms with Crippen LogP contribution in [-0.4, -0.2) is 7.11 Å². The average Bonchev–Trinajstić information content (AvgIpc) is 2.38. The van der Waals surface area contributed by atoms with Gasteiger partial charge in [-0.25, -0.2) is 0 Å². The van der Waals surface area contributed by atoms with E-state index in [1.165, 1.54) is 5.56 Å². The summed E-state index contributed by atoms with van der Waals surface area (Å²) in [4.78, 5) is 0. The first-order chi connectivity index (χ1) is 8.72. The molecule has 0 radical (unpaired) electrons. The molecule has 0 aromatic heterocycles. The monoisotopic (exact) mass is 238 g/mol. The molecule has 0 aliphatic carbocycles. The van der Waals surface area contributed by atoms with Crippen molar-refractivity contribution in [1.29, 1.82) is 5.26 Å². The van der Waals surface area contributed by atoms with E-state index in [4.69, 9.17) is 10.00 Å². The number of ether oxygens (including phenoxy) is 1. The Balaban J connectivity index is 2.36. The molecule has 2 aromatic carbocycles. The molecule has 0 saturated heterocycles. The summed E-state index contributed by atoms with van der Waals surface area (Å²) in [5, 5.41) is 12.3. The quantitative estimate of drug-likeness (QED) is 0.888. The maximum absolute atomic E-state index is 9.08. The molecule has 0 aliphatic heterocycles. The molecule has 2 rings (SSSR count). The Kier molecular flexibility index (Phi) is 3.49. The number of methoxy groups -OCH3 is 1. The Morgan fingerprint density at radius 3 is 2.67 bits per heavy atom. The van der Waals surface area contributed by atoms with Gasteiger partial charge >= 0.3 is 0 Å². The van der Waals surface area contributed by atoms with Crippen LogP contribution in [0.2, 0.25) is 0 Å². The fraction of sp³-hybridized carbons (Fsp3) is 0.133. The zero-order valence-electron chi connectivity index (χ0n) is 10.4. The highest BCUT2D eigenvalue weighted by Gasteiger charge is 2.04. The van der Waals surface area contributed by atoms with Crippen LogP contribution in [0, 0.1) is 18.3 Å². The molecule has 0 unspecified atom stereocenters. The smallest absolute Gasteiger partial charge is 0.121 e. The Labute approximate surface area is 107 Å². The van der Waals surface area contributed by atoms with Crippen LogP contribution in [0.5, 0.6) is 5.75 Å². The van der Waals surface area contributed by atoms with Gasteiger partial charge < -0.3 is 10.1 Å². The van der Waals surface area contributed by atoms with E-state index < -0.39 is 0 Å². The van der Waals surface area contributed by atoms with Gasteiger partial charge in [0.15, 0.2) is 0 Å². The van der Waals surface area contributed by atoms with E-state index in [9.17, 15) is 0 Å². The molecule has 0 aliphatic rings. The summed E-state index contributed by atoms with van der Waals surface area (Å²) in [7, 11) is 1.61. The normalized spacial score (nSPS) is 9.61. The molecule has 3 nitrogen and oxygen atoms in total. The standard InChI is InChI=1S/C15H14N2O/c1-11-4-3-5-13(8-11)17-15-9-14(18-2)7-6-12(15)10-16/h3-9,17H,1-2H3. The van der Waals surface area contributed by atoms with Crippen LogP contribution in [-0.2, 0) is 0 Å². The number of nitriles is 1. The third kappa shape index (κ3) is 2.61. The molecule has 2 aromatic rings. The zero-order valence-corrected chi connectivity index (χ0v) is 10.4. The Hall–Kier alpha value is -2.47. The predicted molar refractivity (Wildman–Crippen MR) is 72.2 cm³/mol. The fourth-order valence-corrected chi connectivity index (χ4v) is 1.73. The molecule has 1 N–H and O–H groups in total. The first kappa shape index (κ1) is 12.0. The third-order valence-electron chi connectivity index (χ3n) is 2.64. The SMILES string of the molecule is COc1ccc(C#N)c(Nc2cccc(C)c2)c1. The fourth-order valence-electron chi connectivity index (χ4n) is 1.73. The second-order valence-corrected chi connectivity index (χ2v) is 4.02. The minimum absolute atomic E-state index is 0.595. The third-order valence-corrected chi connectivity index (χ3v) is 2.64. The number of aryl methyl sites for hydroxylation is 1. The van der Waals surface area contributed by atoms with Crippen molar-refractivity contribution in [2.24, 2.45) is 0 Å². The lowest BCUT2D eigenvalue weighted by atomic mass is 10.1. The summed E-state index contributed by atoms with van der Waals surface area (Å²) in [6.07, 6.45) is 0. The van der Waals surface area contributed by atoms with Gasteiger partial charge in [-0.2, -0.15) is 5.26 Å². The largest absolute Gasteiger partial charge is 0.497 e. The summed E-state index contributed by atoms with van der Waals surface area (Å²) in [5.74, 6) is 0.726. The number of nitrogens with one attached hydrogen (secondary N) is 1. The maximum atomic E-state index is 9.08. The number of benzene rings is 2. The summed E-state index contributed by atoms with van der Waals surface area (Å²) >= 11 is 0. The van der Waals surface area contributed by atoms with Gasteiger partial charge in [0, 0.05) is 11.8 Å². The minimum atomic E-state index is 0.595. The van der Waals surface area contributed by atoms with Gasteiger partial charge in [0.25, 0.3) is 0 Å². The van der Waals surface area contributed by atoms with Gasteiger partial charge in [-0.05, 0) is 36.8 Å².